The van der Waals surface area contributed by atoms with Crippen molar-refractivity contribution in [3.8, 4) is 0 Å². The molecule has 0 atom stereocenters. The zero-order valence-electron chi connectivity index (χ0n) is 18.0. The molecule has 8 nitrogen and oxygen atoms in total. The molecule has 32 heavy (non-hydrogen) atoms. The summed E-state index contributed by atoms with van der Waals surface area (Å²) in [6.45, 7) is 6.42. The number of aromatic amines is 1. The lowest BCUT2D eigenvalue weighted by Gasteiger charge is -2.17. The van der Waals surface area contributed by atoms with Crippen LogP contribution in [-0.4, -0.2) is 38.7 Å². The Morgan fingerprint density at radius 1 is 0.812 bits per heavy atom. The molecule has 9 heteroatoms. The fraction of sp³-hybridized carbons (Fsp3) is 0.304. The first kappa shape index (κ1) is 22.0. The monoisotopic (exact) mass is 454 g/mol. The van der Waals surface area contributed by atoms with Crippen molar-refractivity contribution in [3.05, 3.63) is 65.7 Å². The number of fused-ring (bicyclic) bond motifs is 8. The molecule has 5 aromatic rings. The van der Waals surface area contributed by atoms with Gasteiger partial charge in [-0.15, -0.1) is 12.4 Å². The fourth-order valence-electron chi connectivity index (χ4n) is 4.72. The van der Waals surface area contributed by atoms with Gasteiger partial charge in [0.15, 0.2) is 0 Å². The van der Waals surface area contributed by atoms with Crippen molar-refractivity contribution in [2.75, 3.05) is 19.6 Å². The first-order valence-corrected chi connectivity index (χ1v) is 10.4. The summed E-state index contributed by atoms with van der Waals surface area (Å²) in [7, 11) is 1.40. The molecule has 1 N–H and O–H groups in total. The van der Waals surface area contributed by atoms with E-state index in [4.69, 9.17) is 0 Å². The second-order valence-corrected chi connectivity index (χ2v) is 7.88. The highest BCUT2D eigenvalue weighted by atomic mass is 35.5. The number of H-pyrrole nitrogens is 1. The van der Waals surface area contributed by atoms with Crippen LogP contribution in [0, 0.1) is 0 Å². The van der Waals surface area contributed by atoms with Gasteiger partial charge in [-0.05, 0) is 19.2 Å². The van der Waals surface area contributed by atoms with Crippen molar-refractivity contribution in [2.45, 2.75) is 20.4 Å². The Hall–Kier alpha value is -3.23. The van der Waals surface area contributed by atoms with Gasteiger partial charge >= 0.3 is 0 Å². The normalized spacial score (nSPS) is 12.0. The van der Waals surface area contributed by atoms with E-state index in [0.717, 1.165) is 28.6 Å². The van der Waals surface area contributed by atoms with Gasteiger partial charge in [-0.25, -0.2) is 0 Å². The largest absolute Gasteiger partial charge is 0.354 e. The van der Waals surface area contributed by atoms with E-state index in [1.54, 1.807) is 0 Å². The Morgan fingerprint density at radius 2 is 1.38 bits per heavy atom. The van der Waals surface area contributed by atoms with Gasteiger partial charge in [-0.2, -0.15) is 0 Å². The number of benzene rings is 2. The summed E-state index contributed by atoms with van der Waals surface area (Å²) in [5.74, 6) is 0. The first-order valence-electron chi connectivity index (χ1n) is 10.4. The van der Waals surface area contributed by atoms with Crippen molar-refractivity contribution in [2.24, 2.45) is 7.05 Å². The minimum atomic E-state index is -0.546. The van der Waals surface area contributed by atoms with E-state index in [-0.39, 0.29) is 40.5 Å². The molecule has 0 spiro atoms. The third-order valence-electron chi connectivity index (χ3n) is 6.45. The van der Waals surface area contributed by atoms with Crippen molar-refractivity contribution in [1.29, 1.82) is 0 Å². The molecule has 5 rings (SSSR count). The van der Waals surface area contributed by atoms with Gasteiger partial charge in [0.05, 0.1) is 27.1 Å². The third-order valence-corrected chi connectivity index (χ3v) is 6.45. The maximum Gasteiger partial charge on any atom is 0.263 e. The number of hydrogen-bond acceptors (Lipinski definition) is 5. The lowest BCUT2D eigenvalue weighted by atomic mass is 10.0. The molecule has 0 amide bonds. The third kappa shape index (κ3) is 2.73. The number of nitrogens with zero attached hydrogens (tertiary/aromatic N) is 3. The molecule has 0 aliphatic carbocycles. The SMILES string of the molecule is CCN(CC)CCn1c(=O)c2c3[nH]c4ccccc4c3c3c(=O)n(C)c(=O)c3c2c1=O.Cl. The van der Waals surface area contributed by atoms with Gasteiger partial charge in [-0.3, -0.25) is 28.3 Å². The topological polar surface area (TPSA) is 97.2 Å². The second kappa shape index (κ2) is 7.72. The van der Waals surface area contributed by atoms with Gasteiger partial charge in [0.1, 0.15) is 0 Å². The minimum absolute atomic E-state index is 0. The Labute approximate surface area is 187 Å². The van der Waals surface area contributed by atoms with Crippen LogP contribution in [0.1, 0.15) is 13.8 Å². The zero-order valence-corrected chi connectivity index (χ0v) is 18.8. The number of likely N-dealkylation sites (N-methyl/N-ethyl adjacent to an activating group) is 1. The summed E-state index contributed by atoms with van der Waals surface area (Å²) in [4.78, 5) is 58.1. The van der Waals surface area contributed by atoms with E-state index < -0.39 is 22.2 Å². The number of para-hydroxylation sites is 1. The number of halogens is 1. The summed E-state index contributed by atoms with van der Waals surface area (Å²) < 4.78 is 2.22. The molecule has 0 aliphatic rings. The molecule has 0 fully saturated rings. The Balaban J connectivity index is 0.00000245. The summed E-state index contributed by atoms with van der Waals surface area (Å²) in [5.41, 5.74) is -0.767. The summed E-state index contributed by atoms with van der Waals surface area (Å²) in [5, 5.41) is 1.75. The molecule has 3 heterocycles. The van der Waals surface area contributed by atoms with Crippen molar-refractivity contribution in [3.63, 3.8) is 0 Å². The Bertz CT molecular complexity index is 1710. The van der Waals surface area contributed by atoms with Crippen LogP contribution in [0.5, 0.6) is 0 Å². The summed E-state index contributed by atoms with van der Waals surface area (Å²) in [6.07, 6.45) is 0. The maximum atomic E-state index is 13.4. The van der Waals surface area contributed by atoms with E-state index in [2.05, 4.69) is 9.88 Å². The summed E-state index contributed by atoms with van der Waals surface area (Å²) >= 11 is 0. The quantitative estimate of drug-likeness (QED) is 0.437. The minimum Gasteiger partial charge on any atom is -0.354 e. The average molecular weight is 455 g/mol. The van der Waals surface area contributed by atoms with Gasteiger partial charge < -0.3 is 9.88 Å². The standard InChI is InChI=1S/C23H22N4O4.ClH/c1-4-26(5-2)10-11-27-22(30)17-16-15(20(28)25(3)21(16)29)14-12-8-6-7-9-13(12)24-19(14)18(17)23(27)31;/h6-9,24H,4-5,10-11H2,1-3H3;1H. The van der Waals surface area contributed by atoms with Crippen LogP contribution < -0.4 is 22.2 Å². The number of rotatable bonds is 5. The number of aromatic nitrogens is 3. The van der Waals surface area contributed by atoms with E-state index >= 15 is 0 Å². The molecule has 0 radical (unpaired) electrons. The molecule has 0 saturated carbocycles. The average Bonchev–Trinajstić information content (AvgIpc) is 3.35. The fourth-order valence-corrected chi connectivity index (χ4v) is 4.72. The Morgan fingerprint density at radius 3 is 2.03 bits per heavy atom. The lowest BCUT2D eigenvalue weighted by molar-refractivity contribution is 0.288. The van der Waals surface area contributed by atoms with Crippen LogP contribution in [0.4, 0.5) is 0 Å². The molecular formula is C23H23ClN4O4. The molecule has 0 bridgehead atoms. The highest BCUT2D eigenvalue weighted by Crippen LogP contribution is 2.34. The second-order valence-electron chi connectivity index (χ2n) is 7.88. The Kier molecular flexibility index (Phi) is 5.30. The van der Waals surface area contributed by atoms with Gasteiger partial charge in [0.25, 0.3) is 22.2 Å². The molecule has 0 saturated heterocycles. The number of hydrogen-bond donors (Lipinski definition) is 1. The predicted molar refractivity (Wildman–Crippen MR) is 130 cm³/mol. The van der Waals surface area contributed by atoms with Crippen LogP contribution in [-0.2, 0) is 13.6 Å². The van der Waals surface area contributed by atoms with E-state index in [1.165, 1.54) is 11.6 Å². The van der Waals surface area contributed by atoms with Crippen LogP contribution in [0.3, 0.4) is 0 Å². The van der Waals surface area contributed by atoms with E-state index in [0.29, 0.717) is 17.4 Å². The molecule has 0 aliphatic heterocycles. The highest BCUT2D eigenvalue weighted by Gasteiger charge is 2.27. The molecule has 2 aromatic carbocycles. The lowest BCUT2D eigenvalue weighted by Crippen LogP contribution is -2.33. The maximum absolute atomic E-state index is 13.4. The van der Waals surface area contributed by atoms with Crippen molar-refractivity contribution >= 4 is 55.8 Å². The molecule has 166 valence electrons. The van der Waals surface area contributed by atoms with Crippen LogP contribution >= 0.6 is 12.4 Å². The zero-order chi connectivity index (χ0) is 22.0. The van der Waals surface area contributed by atoms with E-state index in [1.807, 2.05) is 38.1 Å². The summed E-state index contributed by atoms with van der Waals surface area (Å²) in [6, 6.07) is 7.37. The van der Waals surface area contributed by atoms with E-state index in [9.17, 15) is 19.2 Å². The molecular weight excluding hydrogens is 432 g/mol. The highest BCUT2D eigenvalue weighted by molar-refractivity contribution is 6.31. The van der Waals surface area contributed by atoms with Gasteiger partial charge in [-0.1, -0.05) is 32.0 Å². The smallest absolute Gasteiger partial charge is 0.263 e. The van der Waals surface area contributed by atoms with Gasteiger partial charge in [0.2, 0.25) is 0 Å². The number of nitrogens with one attached hydrogen (secondary N) is 1. The predicted octanol–water partition coefficient (Wildman–Crippen LogP) is 1.85. The van der Waals surface area contributed by atoms with Crippen LogP contribution in [0.15, 0.2) is 43.4 Å². The van der Waals surface area contributed by atoms with Crippen LogP contribution in [0.2, 0.25) is 0 Å². The van der Waals surface area contributed by atoms with Crippen LogP contribution in [0.25, 0.3) is 43.4 Å². The van der Waals surface area contributed by atoms with Gasteiger partial charge in [0, 0.05) is 36.4 Å². The van der Waals surface area contributed by atoms with Crippen molar-refractivity contribution < 1.29 is 0 Å². The molecule has 3 aromatic heterocycles. The first-order chi connectivity index (χ1) is 14.9. The molecule has 0 unspecified atom stereocenters. The van der Waals surface area contributed by atoms with Crippen molar-refractivity contribution in [1.82, 2.24) is 19.0 Å².